The van der Waals surface area contributed by atoms with Gasteiger partial charge in [-0.1, -0.05) is 6.07 Å². The minimum absolute atomic E-state index is 0.210. The lowest BCUT2D eigenvalue weighted by molar-refractivity contribution is -0.137. The number of aryl methyl sites for hydroxylation is 3. The number of carbonyl (C=O) groups is 1. The van der Waals surface area contributed by atoms with Crippen molar-refractivity contribution in [3.8, 4) is 22.6 Å². The minimum atomic E-state index is -0.733. The summed E-state index contributed by atoms with van der Waals surface area (Å²) < 4.78 is 11.2. The molecule has 1 aliphatic carbocycles. The molecule has 6 heteroatoms. The lowest BCUT2D eigenvalue weighted by Crippen LogP contribution is -2.03. The molecule has 156 valence electrons. The summed E-state index contributed by atoms with van der Waals surface area (Å²) in [6.07, 6.45) is 7.28. The first-order chi connectivity index (χ1) is 14.6. The predicted octanol–water partition coefficient (Wildman–Crippen LogP) is 5.68. The van der Waals surface area contributed by atoms with Gasteiger partial charge in [0, 0.05) is 22.4 Å². The van der Waals surface area contributed by atoms with Crippen LogP contribution in [0, 0.1) is 6.92 Å². The highest BCUT2D eigenvalue weighted by atomic mass is 32.1. The van der Waals surface area contributed by atoms with Crippen LogP contribution < -0.4 is 9.47 Å². The van der Waals surface area contributed by atoms with Crippen LogP contribution in [-0.2, 0) is 24.1 Å². The minimum Gasteiger partial charge on any atom is -0.481 e. The van der Waals surface area contributed by atoms with Gasteiger partial charge in [-0.2, -0.15) is 0 Å². The van der Waals surface area contributed by atoms with Gasteiger partial charge in [-0.05, 0) is 86.3 Å². The summed E-state index contributed by atoms with van der Waals surface area (Å²) >= 11 is 1.84. The van der Waals surface area contributed by atoms with Crippen molar-refractivity contribution in [1.82, 2.24) is 4.98 Å². The second-order valence-electron chi connectivity index (χ2n) is 8.11. The molecule has 0 fully saturated rings. The fraction of sp³-hybridized carbons (Fsp3) is 0.417. The molecule has 2 aromatic heterocycles. The predicted molar refractivity (Wildman–Crippen MR) is 118 cm³/mol. The highest BCUT2D eigenvalue weighted by Gasteiger charge is 2.24. The number of carboxylic acids is 1. The Morgan fingerprint density at radius 3 is 2.87 bits per heavy atom. The Kier molecular flexibility index (Phi) is 5.11. The molecule has 3 aromatic rings. The monoisotopic (exact) mass is 423 g/mol. The van der Waals surface area contributed by atoms with Gasteiger partial charge in [0.25, 0.3) is 0 Å². The van der Waals surface area contributed by atoms with Crippen LogP contribution in [0.25, 0.3) is 21.3 Å². The Hall–Kier alpha value is -2.60. The van der Waals surface area contributed by atoms with Crippen LogP contribution in [0.3, 0.4) is 0 Å². The van der Waals surface area contributed by atoms with Gasteiger partial charge in [-0.25, -0.2) is 4.98 Å². The molecule has 0 spiro atoms. The van der Waals surface area contributed by atoms with Gasteiger partial charge in [0.2, 0.25) is 6.79 Å². The number of thiophene rings is 1. The number of aromatic nitrogens is 1. The number of unbranched alkanes of at least 4 members (excludes halogenated alkanes) is 1. The summed E-state index contributed by atoms with van der Waals surface area (Å²) in [5, 5.41) is 10.3. The lowest BCUT2D eigenvalue weighted by Gasteiger charge is -2.17. The summed E-state index contributed by atoms with van der Waals surface area (Å²) in [5.41, 5.74) is 6.13. The van der Waals surface area contributed by atoms with Crippen molar-refractivity contribution in [3.05, 3.63) is 39.9 Å². The van der Waals surface area contributed by atoms with Gasteiger partial charge in [0.15, 0.2) is 11.5 Å². The zero-order valence-corrected chi connectivity index (χ0v) is 17.9. The van der Waals surface area contributed by atoms with Crippen LogP contribution in [0.5, 0.6) is 11.5 Å². The Morgan fingerprint density at radius 2 is 2.00 bits per heavy atom. The van der Waals surface area contributed by atoms with Gasteiger partial charge in [-0.3, -0.25) is 4.79 Å². The van der Waals surface area contributed by atoms with E-state index in [4.69, 9.17) is 19.6 Å². The fourth-order valence-electron chi connectivity index (χ4n) is 4.69. The maximum absolute atomic E-state index is 10.9. The van der Waals surface area contributed by atoms with Crippen LogP contribution in [0.15, 0.2) is 18.2 Å². The van der Waals surface area contributed by atoms with E-state index in [0.29, 0.717) is 6.42 Å². The highest BCUT2D eigenvalue weighted by Crippen LogP contribution is 2.45. The van der Waals surface area contributed by atoms with Crippen molar-refractivity contribution < 1.29 is 19.4 Å². The molecular weight excluding hydrogens is 398 g/mol. The molecule has 1 aromatic carbocycles. The van der Waals surface area contributed by atoms with Gasteiger partial charge < -0.3 is 14.6 Å². The van der Waals surface area contributed by atoms with E-state index in [0.717, 1.165) is 53.3 Å². The zero-order valence-electron chi connectivity index (χ0n) is 17.1. The highest BCUT2D eigenvalue weighted by molar-refractivity contribution is 7.19. The third kappa shape index (κ3) is 3.43. The molecule has 0 atom stereocenters. The Labute approximate surface area is 179 Å². The van der Waals surface area contributed by atoms with E-state index in [9.17, 15) is 4.79 Å². The zero-order chi connectivity index (χ0) is 20.7. The van der Waals surface area contributed by atoms with Crippen LogP contribution in [-0.4, -0.2) is 22.9 Å². The maximum Gasteiger partial charge on any atom is 0.303 e. The smallest absolute Gasteiger partial charge is 0.303 e. The van der Waals surface area contributed by atoms with Crippen molar-refractivity contribution >= 4 is 27.5 Å². The molecule has 0 bridgehead atoms. The number of aliphatic carboxylic acids is 1. The standard InChI is InChI=1S/C24H25NO4S/c1-14-16(6-3-5-9-21(26)27)22(15-10-11-18-19(12-15)29-13-28-18)23-17-7-2-4-8-20(17)30-24(23)25-14/h10-12H,2-9,13H2,1H3,(H,26,27). The number of carboxylic acid groups (broad SMARTS) is 1. The molecule has 30 heavy (non-hydrogen) atoms. The van der Waals surface area contributed by atoms with Gasteiger partial charge in [0.1, 0.15) is 4.83 Å². The van der Waals surface area contributed by atoms with Crippen LogP contribution in [0.1, 0.15) is 53.8 Å². The normalized spacial score (nSPS) is 14.8. The molecule has 0 saturated carbocycles. The summed E-state index contributed by atoms with van der Waals surface area (Å²) in [4.78, 5) is 18.5. The second kappa shape index (κ2) is 7.91. The molecule has 3 heterocycles. The van der Waals surface area contributed by atoms with E-state index in [-0.39, 0.29) is 13.2 Å². The van der Waals surface area contributed by atoms with Crippen molar-refractivity contribution in [3.63, 3.8) is 0 Å². The SMILES string of the molecule is Cc1nc2sc3c(c2c(-c2ccc4c(c2)OCO4)c1CCCCC(=O)O)CCCC3. The van der Waals surface area contributed by atoms with Gasteiger partial charge >= 0.3 is 5.97 Å². The average Bonchev–Trinajstić information content (AvgIpc) is 3.34. The van der Waals surface area contributed by atoms with Crippen LogP contribution in [0.4, 0.5) is 0 Å². The number of nitrogens with zero attached hydrogens (tertiary/aromatic N) is 1. The van der Waals surface area contributed by atoms with Gasteiger partial charge in [-0.15, -0.1) is 11.3 Å². The molecule has 2 aliphatic rings. The van der Waals surface area contributed by atoms with Crippen molar-refractivity contribution in [2.24, 2.45) is 0 Å². The molecule has 0 radical (unpaired) electrons. The Bertz CT molecular complexity index is 1130. The molecule has 0 amide bonds. The summed E-state index contributed by atoms with van der Waals surface area (Å²) in [6.45, 7) is 2.35. The maximum atomic E-state index is 10.9. The molecule has 0 saturated heterocycles. The summed E-state index contributed by atoms with van der Waals surface area (Å²) in [6, 6.07) is 6.20. The third-order valence-electron chi connectivity index (χ3n) is 6.14. The van der Waals surface area contributed by atoms with Crippen LogP contribution in [0.2, 0.25) is 0 Å². The van der Waals surface area contributed by atoms with E-state index in [2.05, 4.69) is 19.1 Å². The Balaban J connectivity index is 1.66. The average molecular weight is 424 g/mol. The van der Waals surface area contributed by atoms with E-state index >= 15 is 0 Å². The topological polar surface area (TPSA) is 68.7 Å². The number of rotatable bonds is 6. The van der Waals surface area contributed by atoms with E-state index in [1.54, 1.807) is 0 Å². The number of benzene rings is 1. The largest absolute Gasteiger partial charge is 0.481 e. The number of fused-ring (bicyclic) bond motifs is 4. The molecule has 1 N–H and O–H groups in total. The van der Waals surface area contributed by atoms with Gasteiger partial charge in [0.05, 0.1) is 0 Å². The number of hydrogen-bond acceptors (Lipinski definition) is 5. The molecule has 1 aliphatic heterocycles. The van der Waals surface area contributed by atoms with Crippen molar-refractivity contribution in [1.29, 1.82) is 0 Å². The van der Waals surface area contributed by atoms with E-state index < -0.39 is 5.97 Å². The number of hydrogen-bond donors (Lipinski definition) is 1. The first-order valence-electron chi connectivity index (χ1n) is 10.7. The Morgan fingerprint density at radius 1 is 1.17 bits per heavy atom. The molecule has 5 nitrogen and oxygen atoms in total. The lowest BCUT2D eigenvalue weighted by atomic mass is 9.88. The molecule has 5 rings (SSSR count). The number of ether oxygens (including phenoxy) is 2. The van der Waals surface area contributed by atoms with Crippen LogP contribution >= 0.6 is 11.3 Å². The summed E-state index contributed by atoms with van der Waals surface area (Å²) in [5.74, 6) is 0.843. The molecule has 0 unspecified atom stereocenters. The molecular formula is C24H25NO4S. The fourth-order valence-corrected chi connectivity index (χ4v) is 6.01. The summed E-state index contributed by atoms with van der Waals surface area (Å²) in [7, 11) is 0. The third-order valence-corrected chi connectivity index (χ3v) is 7.32. The first kappa shape index (κ1) is 19.4. The van der Waals surface area contributed by atoms with E-state index in [1.807, 2.05) is 17.4 Å². The number of pyridine rings is 1. The van der Waals surface area contributed by atoms with Crippen molar-refractivity contribution in [2.45, 2.75) is 58.3 Å². The van der Waals surface area contributed by atoms with Crippen molar-refractivity contribution in [2.75, 3.05) is 6.79 Å². The first-order valence-corrected chi connectivity index (χ1v) is 11.5. The van der Waals surface area contributed by atoms with E-state index in [1.165, 1.54) is 39.8 Å². The second-order valence-corrected chi connectivity index (χ2v) is 9.19. The quantitative estimate of drug-likeness (QED) is 0.517.